The van der Waals surface area contributed by atoms with E-state index in [4.69, 9.17) is 11.6 Å². The van der Waals surface area contributed by atoms with Crippen molar-refractivity contribution in [3.8, 4) is 0 Å². The number of rotatable bonds is 5. The van der Waals surface area contributed by atoms with E-state index in [2.05, 4.69) is 0 Å². The average molecular weight is 290 g/mol. The van der Waals surface area contributed by atoms with E-state index in [-0.39, 0.29) is 17.4 Å². The minimum absolute atomic E-state index is 0.190. The Kier molecular flexibility index (Phi) is 4.62. The highest BCUT2D eigenvalue weighted by Gasteiger charge is 2.31. The van der Waals surface area contributed by atoms with Crippen LogP contribution in [0.15, 0.2) is 0 Å². The zero-order valence-corrected chi connectivity index (χ0v) is 11.5. The smallest absolute Gasteiger partial charge is 0.215 e. The Morgan fingerprint density at radius 2 is 1.88 bits per heavy atom. The van der Waals surface area contributed by atoms with Crippen molar-refractivity contribution < 1.29 is 16.8 Å². The lowest BCUT2D eigenvalue weighted by Crippen LogP contribution is -2.33. The highest BCUT2D eigenvalue weighted by atomic mass is 35.5. The molecule has 1 aliphatic rings. The molecular weight excluding hydrogens is 274 g/mol. The number of sulfone groups is 1. The van der Waals surface area contributed by atoms with Crippen LogP contribution in [0.25, 0.3) is 0 Å². The average Bonchev–Trinajstić information content (AvgIpc) is 2.62. The van der Waals surface area contributed by atoms with E-state index in [0.717, 1.165) is 12.7 Å². The third-order valence-corrected chi connectivity index (χ3v) is 6.05. The highest BCUT2D eigenvalue weighted by molar-refractivity contribution is 7.93. The zero-order valence-electron chi connectivity index (χ0n) is 9.09. The molecule has 16 heavy (non-hydrogen) atoms. The van der Waals surface area contributed by atoms with Crippen molar-refractivity contribution in [1.82, 2.24) is 4.31 Å². The SMILES string of the molecule is CS(=O)(=O)CCS(=O)(=O)N1CCC(CCl)C1. The molecule has 96 valence electrons. The Balaban J connectivity index is 2.59. The van der Waals surface area contributed by atoms with Gasteiger partial charge in [0.25, 0.3) is 0 Å². The van der Waals surface area contributed by atoms with Gasteiger partial charge in [-0.05, 0) is 12.3 Å². The monoisotopic (exact) mass is 289 g/mol. The van der Waals surface area contributed by atoms with Crippen LogP contribution in [0.4, 0.5) is 0 Å². The number of alkyl halides is 1. The van der Waals surface area contributed by atoms with Crippen LogP contribution in [0.1, 0.15) is 6.42 Å². The maximum Gasteiger partial charge on any atom is 0.215 e. The van der Waals surface area contributed by atoms with Crippen molar-refractivity contribution in [1.29, 1.82) is 0 Å². The minimum atomic E-state index is -3.44. The van der Waals surface area contributed by atoms with E-state index in [1.807, 2.05) is 0 Å². The number of hydrogen-bond donors (Lipinski definition) is 0. The normalized spacial score (nSPS) is 23.8. The molecule has 0 aromatic rings. The van der Waals surface area contributed by atoms with Gasteiger partial charge in [-0.25, -0.2) is 21.1 Å². The molecule has 1 saturated heterocycles. The van der Waals surface area contributed by atoms with Gasteiger partial charge in [-0.3, -0.25) is 0 Å². The molecule has 0 bridgehead atoms. The van der Waals surface area contributed by atoms with Gasteiger partial charge < -0.3 is 0 Å². The molecule has 1 heterocycles. The van der Waals surface area contributed by atoms with Gasteiger partial charge in [0.15, 0.2) is 0 Å². The van der Waals surface area contributed by atoms with Crippen LogP contribution in [-0.2, 0) is 19.9 Å². The van der Waals surface area contributed by atoms with Gasteiger partial charge in [0.2, 0.25) is 10.0 Å². The van der Waals surface area contributed by atoms with E-state index in [1.165, 1.54) is 4.31 Å². The third kappa shape index (κ3) is 4.20. The first-order valence-electron chi connectivity index (χ1n) is 4.96. The van der Waals surface area contributed by atoms with Gasteiger partial charge in [0, 0.05) is 25.2 Å². The van der Waals surface area contributed by atoms with Gasteiger partial charge in [0.1, 0.15) is 9.84 Å². The summed E-state index contributed by atoms with van der Waals surface area (Å²) in [4.78, 5) is 0. The summed E-state index contributed by atoms with van der Waals surface area (Å²) < 4.78 is 46.7. The Morgan fingerprint density at radius 3 is 2.31 bits per heavy atom. The fourth-order valence-electron chi connectivity index (χ4n) is 1.56. The Morgan fingerprint density at radius 1 is 1.25 bits per heavy atom. The first kappa shape index (κ1) is 14.2. The number of sulfonamides is 1. The maximum absolute atomic E-state index is 11.8. The van der Waals surface area contributed by atoms with Crippen molar-refractivity contribution in [3.63, 3.8) is 0 Å². The summed E-state index contributed by atoms with van der Waals surface area (Å²) in [6.45, 7) is 0.860. The number of nitrogens with zero attached hydrogens (tertiary/aromatic N) is 1. The number of halogens is 1. The summed E-state index contributed by atoms with van der Waals surface area (Å²) in [5, 5.41) is 0. The summed E-state index contributed by atoms with van der Waals surface area (Å²) in [5.74, 6) is -0.0225. The lowest BCUT2D eigenvalue weighted by molar-refractivity contribution is 0.466. The molecule has 1 fully saturated rings. The van der Waals surface area contributed by atoms with E-state index >= 15 is 0 Å². The summed E-state index contributed by atoms with van der Waals surface area (Å²) in [6.07, 6.45) is 1.79. The van der Waals surface area contributed by atoms with Crippen LogP contribution in [-0.4, -0.2) is 57.9 Å². The molecule has 1 aliphatic heterocycles. The van der Waals surface area contributed by atoms with E-state index < -0.39 is 19.9 Å². The summed E-state index contributed by atoms with van der Waals surface area (Å²) in [6, 6.07) is 0. The van der Waals surface area contributed by atoms with Gasteiger partial charge >= 0.3 is 0 Å². The van der Waals surface area contributed by atoms with Crippen LogP contribution < -0.4 is 0 Å². The third-order valence-electron chi connectivity index (χ3n) is 2.57. The molecule has 0 aromatic carbocycles. The van der Waals surface area contributed by atoms with Gasteiger partial charge in [-0.2, -0.15) is 0 Å². The first-order chi connectivity index (χ1) is 7.24. The van der Waals surface area contributed by atoms with Gasteiger partial charge in [-0.15, -0.1) is 11.6 Å². The molecule has 0 aromatic heterocycles. The summed E-state index contributed by atoms with van der Waals surface area (Å²) in [7, 11) is -6.68. The van der Waals surface area contributed by atoms with Gasteiger partial charge in [0.05, 0.1) is 11.5 Å². The van der Waals surface area contributed by atoms with E-state index in [1.54, 1.807) is 0 Å². The Bertz CT molecular complexity index is 431. The molecule has 0 saturated carbocycles. The fourth-order valence-corrected chi connectivity index (χ4v) is 4.95. The lowest BCUT2D eigenvalue weighted by Gasteiger charge is -2.15. The quantitative estimate of drug-likeness (QED) is 0.664. The molecule has 0 N–H and O–H groups in total. The highest BCUT2D eigenvalue weighted by Crippen LogP contribution is 2.20. The van der Waals surface area contributed by atoms with Crippen LogP contribution in [0.3, 0.4) is 0 Å². The van der Waals surface area contributed by atoms with Crippen molar-refractivity contribution in [2.24, 2.45) is 5.92 Å². The molecule has 1 atom stereocenters. The molecule has 0 spiro atoms. The Hall–Kier alpha value is 0.150. The van der Waals surface area contributed by atoms with Crippen LogP contribution in [0, 0.1) is 5.92 Å². The second-order valence-electron chi connectivity index (χ2n) is 4.11. The van der Waals surface area contributed by atoms with Crippen molar-refractivity contribution in [2.75, 3.05) is 36.7 Å². The second kappa shape index (κ2) is 5.20. The predicted molar refractivity (Wildman–Crippen MR) is 63.9 cm³/mol. The second-order valence-corrected chi connectivity index (χ2v) is 8.77. The predicted octanol–water partition coefficient (Wildman–Crippen LogP) is -0.0785. The lowest BCUT2D eigenvalue weighted by atomic mass is 10.2. The Labute approximate surface area is 102 Å². The minimum Gasteiger partial charge on any atom is -0.229 e. The summed E-state index contributed by atoms with van der Waals surface area (Å²) in [5.41, 5.74) is 0. The maximum atomic E-state index is 11.8. The molecule has 0 radical (unpaired) electrons. The molecular formula is C8H16ClNO4S2. The van der Waals surface area contributed by atoms with E-state index in [0.29, 0.717) is 19.0 Å². The van der Waals surface area contributed by atoms with Crippen LogP contribution in [0.2, 0.25) is 0 Å². The topological polar surface area (TPSA) is 71.5 Å². The van der Waals surface area contributed by atoms with Crippen molar-refractivity contribution >= 4 is 31.5 Å². The molecule has 1 rings (SSSR count). The fraction of sp³-hybridized carbons (Fsp3) is 1.00. The van der Waals surface area contributed by atoms with Gasteiger partial charge in [-0.1, -0.05) is 0 Å². The molecule has 0 amide bonds. The standard InChI is InChI=1S/C8H16ClNO4S2/c1-15(11,12)4-5-16(13,14)10-3-2-8(6-9)7-10/h8H,2-7H2,1H3. The molecule has 8 heteroatoms. The molecule has 1 unspecified atom stereocenters. The zero-order chi connectivity index (χ0) is 12.4. The van der Waals surface area contributed by atoms with Crippen LogP contribution in [0.5, 0.6) is 0 Å². The summed E-state index contributed by atoms with van der Waals surface area (Å²) >= 11 is 5.66. The van der Waals surface area contributed by atoms with E-state index in [9.17, 15) is 16.8 Å². The van der Waals surface area contributed by atoms with Crippen LogP contribution >= 0.6 is 11.6 Å². The largest absolute Gasteiger partial charge is 0.229 e. The first-order valence-corrected chi connectivity index (χ1v) is 9.16. The molecule has 5 nitrogen and oxygen atoms in total. The number of hydrogen-bond acceptors (Lipinski definition) is 4. The van der Waals surface area contributed by atoms with Crippen molar-refractivity contribution in [3.05, 3.63) is 0 Å². The molecule has 0 aliphatic carbocycles. The van der Waals surface area contributed by atoms with Crippen molar-refractivity contribution in [2.45, 2.75) is 6.42 Å².